The highest BCUT2D eigenvalue weighted by atomic mass is 14.7. The molecule has 0 aliphatic heterocycles. The highest BCUT2D eigenvalue weighted by molar-refractivity contribution is 5.15. The number of pyridine rings is 1. The van der Waals surface area contributed by atoms with Crippen molar-refractivity contribution in [1.82, 2.24) is 4.98 Å². The maximum atomic E-state index is 4.52. The molecule has 1 heterocycles. The van der Waals surface area contributed by atoms with Crippen molar-refractivity contribution in [3.05, 3.63) is 29.6 Å². The number of hydrogen-bond acceptors (Lipinski definition) is 1. The number of aromatic nitrogens is 1. The first kappa shape index (κ1) is 12.2. The van der Waals surface area contributed by atoms with Gasteiger partial charge in [-0.2, -0.15) is 0 Å². The van der Waals surface area contributed by atoms with Crippen LogP contribution >= 0.6 is 0 Å². The van der Waals surface area contributed by atoms with E-state index < -0.39 is 0 Å². The van der Waals surface area contributed by atoms with E-state index in [9.17, 15) is 0 Å². The Hall–Kier alpha value is -0.850. The minimum Gasteiger partial charge on any atom is -0.261 e. The van der Waals surface area contributed by atoms with Crippen molar-refractivity contribution < 1.29 is 0 Å². The van der Waals surface area contributed by atoms with E-state index in [-0.39, 0.29) is 0 Å². The summed E-state index contributed by atoms with van der Waals surface area (Å²) in [7, 11) is 0. The van der Waals surface area contributed by atoms with Gasteiger partial charge in [-0.05, 0) is 35.8 Å². The third kappa shape index (κ3) is 4.96. The van der Waals surface area contributed by atoms with Gasteiger partial charge in [0.2, 0.25) is 0 Å². The molecular formula is C14H23N. The molecule has 1 nitrogen and oxygen atoms in total. The molecule has 1 heteroatoms. The Balaban J connectivity index is 2.64. The average Bonchev–Trinajstić information content (AvgIpc) is 2.05. The summed E-state index contributed by atoms with van der Waals surface area (Å²) in [6, 6.07) is 4.39. The molecule has 1 aromatic rings. The molecule has 0 aliphatic rings. The zero-order chi connectivity index (χ0) is 11.5. The van der Waals surface area contributed by atoms with Crippen molar-refractivity contribution in [3.8, 4) is 0 Å². The maximum Gasteiger partial charge on any atom is 0.0409 e. The lowest BCUT2D eigenvalue weighted by Crippen LogP contribution is -2.10. The van der Waals surface area contributed by atoms with E-state index in [2.05, 4.69) is 51.7 Å². The van der Waals surface area contributed by atoms with E-state index in [1.54, 1.807) is 0 Å². The second kappa shape index (κ2) is 4.78. The average molecular weight is 205 g/mol. The van der Waals surface area contributed by atoms with Gasteiger partial charge in [-0.3, -0.25) is 4.98 Å². The number of nitrogens with zero attached hydrogens (tertiary/aromatic N) is 1. The van der Waals surface area contributed by atoms with Gasteiger partial charge in [-0.25, -0.2) is 0 Å². The SMILES string of the molecule is CC(C)Cc1ccc(CC(C)(C)C)nc1. The monoisotopic (exact) mass is 205 g/mol. The molecular weight excluding hydrogens is 182 g/mol. The molecule has 0 fully saturated rings. The zero-order valence-electron chi connectivity index (χ0n) is 10.7. The van der Waals surface area contributed by atoms with Crippen LogP contribution in [0.4, 0.5) is 0 Å². The quantitative estimate of drug-likeness (QED) is 0.730. The van der Waals surface area contributed by atoms with Gasteiger partial charge in [-0.1, -0.05) is 40.7 Å². The standard InChI is InChI=1S/C14H23N/c1-11(2)8-12-6-7-13(15-10-12)9-14(3,4)5/h6-7,10-11H,8-9H2,1-5H3. The van der Waals surface area contributed by atoms with E-state index in [0.29, 0.717) is 11.3 Å². The molecule has 1 rings (SSSR count). The van der Waals surface area contributed by atoms with E-state index in [1.165, 1.54) is 11.3 Å². The van der Waals surface area contributed by atoms with Crippen LogP contribution in [0.25, 0.3) is 0 Å². The van der Waals surface area contributed by atoms with Crippen molar-refractivity contribution in [1.29, 1.82) is 0 Å². The van der Waals surface area contributed by atoms with Gasteiger partial charge in [-0.15, -0.1) is 0 Å². The Bertz CT molecular complexity index is 290. The molecule has 0 saturated heterocycles. The topological polar surface area (TPSA) is 12.9 Å². The molecule has 0 unspecified atom stereocenters. The lowest BCUT2D eigenvalue weighted by Gasteiger charge is -2.17. The Morgan fingerprint density at radius 2 is 1.87 bits per heavy atom. The van der Waals surface area contributed by atoms with Gasteiger partial charge in [0.25, 0.3) is 0 Å². The molecule has 84 valence electrons. The molecule has 0 bridgehead atoms. The second-order valence-corrected chi connectivity index (χ2v) is 5.99. The predicted octanol–water partition coefficient (Wildman–Crippen LogP) is 3.87. The fraction of sp³-hybridized carbons (Fsp3) is 0.643. The van der Waals surface area contributed by atoms with Crippen molar-refractivity contribution in [2.24, 2.45) is 11.3 Å². The summed E-state index contributed by atoms with van der Waals surface area (Å²) in [4.78, 5) is 4.52. The Morgan fingerprint density at radius 3 is 2.27 bits per heavy atom. The van der Waals surface area contributed by atoms with E-state index in [0.717, 1.165) is 12.8 Å². The van der Waals surface area contributed by atoms with Crippen LogP contribution in [0.3, 0.4) is 0 Å². The normalized spacial score (nSPS) is 12.1. The van der Waals surface area contributed by atoms with Crippen LogP contribution in [0, 0.1) is 11.3 Å². The Labute approximate surface area is 93.9 Å². The molecule has 0 aliphatic carbocycles. The Kier molecular flexibility index (Phi) is 3.90. The van der Waals surface area contributed by atoms with Gasteiger partial charge >= 0.3 is 0 Å². The van der Waals surface area contributed by atoms with Crippen LogP contribution in [0.1, 0.15) is 45.9 Å². The van der Waals surface area contributed by atoms with Crippen LogP contribution < -0.4 is 0 Å². The first-order valence-electron chi connectivity index (χ1n) is 5.80. The molecule has 0 spiro atoms. The van der Waals surface area contributed by atoms with Crippen LogP contribution in [0.15, 0.2) is 18.3 Å². The minimum atomic E-state index is 0.326. The number of rotatable bonds is 3. The molecule has 0 saturated carbocycles. The summed E-state index contributed by atoms with van der Waals surface area (Å²) in [5.74, 6) is 0.709. The van der Waals surface area contributed by atoms with Crippen LogP contribution in [0.2, 0.25) is 0 Å². The van der Waals surface area contributed by atoms with Gasteiger partial charge in [0.05, 0.1) is 0 Å². The van der Waals surface area contributed by atoms with Gasteiger partial charge in [0, 0.05) is 11.9 Å². The summed E-state index contributed by atoms with van der Waals surface area (Å²) in [6.45, 7) is 11.2. The van der Waals surface area contributed by atoms with Gasteiger partial charge in [0.15, 0.2) is 0 Å². The fourth-order valence-electron chi connectivity index (χ4n) is 1.70. The third-order valence-corrected chi connectivity index (χ3v) is 2.24. The highest BCUT2D eigenvalue weighted by Crippen LogP contribution is 2.19. The summed E-state index contributed by atoms with van der Waals surface area (Å²) >= 11 is 0. The van der Waals surface area contributed by atoms with E-state index in [1.807, 2.05) is 6.20 Å². The third-order valence-electron chi connectivity index (χ3n) is 2.24. The van der Waals surface area contributed by atoms with Crippen molar-refractivity contribution in [2.45, 2.75) is 47.5 Å². The summed E-state index contributed by atoms with van der Waals surface area (Å²) < 4.78 is 0. The summed E-state index contributed by atoms with van der Waals surface area (Å²) in [5, 5.41) is 0. The zero-order valence-corrected chi connectivity index (χ0v) is 10.7. The lowest BCUT2D eigenvalue weighted by molar-refractivity contribution is 0.406. The van der Waals surface area contributed by atoms with Crippen LogP contribution in [-0.2, 0) is 12.8 Å². The molecule has 0 radical (unpaired) electrons. The predicted molar refractivity (Wildman–Crippen MR) is 65.9 cm³/mol. The first-order valence-corrected chi connectivity index (χ1v) is 5.80. The van der Waals surface area contributed by atoms with E-state index >= 15 is 0 Å². The largest absolute Gasteiger partial charge is 0.261 e. The minimum absolute atomic E-state index is 0.326. The number of hydrogen-bond donors (Lipinski definition) is 0. The molecule has 0 atom stereocenters. The van der Waals surface area contributed by atoms with Crippen molar-refractivity contribution in [3.63, 3.8) is 0 Å². The summed E-state index contributed by atoms with van der Waals surface area (Å²) in [6.07, 6.45) is 4.21. The van der Waals surface area contributed by atoms with E-state index in [4.69, 9.17) is 0 Å². The maximum absolute atomic E-state index is 4.52. The van der Waals surface area contributed by atoms with Crippen molar-refractivity contribution in [2.75, 3.05) is 0 Å². The first-order chi connectivity index (χ1) is 6.87. The molecule has 0 N–H and O–H groups in total. The molecule has 15 heavy (non-hydrogen) atoms. The summed E-state index contributed by atoms with van der Waals surface area (Å²) in [5.41, 5.74) is 2.88. The van der Waals surface area contributed by atoms with Crippen molar-refractivity contribution >= 4 is 0 Å². The van der Waals surface area contributed by atoms with Gasteiger partial charge < -0.3 is 0 Å². The second-order valence-electron chi connectivity index (χ2n) is 5.99. The highest BCUT2D eigenvalue weighted by Gasteiger charge is 2.11. The Morgan fingerprint density at radius 1 is 1.20 bits per heavy atom. The molecule has 0 amide bonds. The van der Waals surface area contributed by atoms with Crippen LogP contribution in [0.5, 0.6) is 0 Å². The fourth-order valence-corrected chi connectivity index (χ4v) is 1.70. The van der Waals surface area contributed by atoms with Crippen LogP contribution in [-0.4, -0.2) is 4.98 Å². The molecule has 0 aromatic carbocycles. The molecule has 1 aromatic heterocycles. The smallest absolute Gasteiger partial charge is 0.0409 e. The van der Waals surface area contributed by atoms with Gasteiger partial charge in [0.1, 0.15) is 0 Å². The lowest BCUT2D eigenvalue weighted by atomic mass is 9.90.